The Labute approximate surface area is 227 Å². The fraction of sp³-hybridized carbons (Fsp3) is 0.367. The molecule has 1 unspecified atom stereocenters. The first-order valence-electron chi connectivity index (χ1n) is 12.9. The third kappa shape index (κ3) is 7.38. The molecule has 208 valence electrons. The van der Waals surface area contributed by atoms with Gasteiger partial charge >= 0.3 is 5.97 Å². The van der Waals surface area contributed by atoms with Gasteiger partial charge in [-0.05, 0) is 75.5 Å². The van der Waals surface area contributed by atoms with E-state index in [1.807, 2.05) is 46.8 Å². The molecule has 3 aromatic rings. The van der Waals surface area contributed by atoms with Gasteiger partial charge in [-0.15, -0.1) is 0 Å². The molecule has 0 spiro atoms. The van der Waals surface area contributed by atoms with E-state index in [1.54, 1.807) is 12.1 Å². The van der Waals surface area contributed by atoms with Crippen molar-refractivity contribution in [2.24, 2.45) is 5.92 Å². The first-order chi connectivity index (χ1) is 18.3. The molecule has 1 aromatic heterocycles. The number of ketones is 1. The number of anilines is 1. The summed E-state index contributed by atoms with van der Waals surface area (Å²) in [5.74, 6) is -2.93. The fourth-order valence-electron chi connectivity index (χ4n) is 4.13. The Kier molecular flexibility index (Phi) is 9.40. The third-order valence-electron chi connectivity index (χ3n) is 6.40. The van der Waals surface area contributed by atoms with E-state index < -0.39 is 34.6 Å². The molecule has 7 nitrogen and oxygen atoms in total. The third-order valence-corrected chi connectivity index (χ3v) is 6.40. The van der Waals surface area contributed by atoms with E-state index >= 15 is 0 Å². The summed E-state index contributed by atoms with van der Waals surface area (Å²) < 4.78 is 34.2. The molecule has 3 rings (SSSR count). The van der Waals surface area contributed by atoms with Crippen molar-refractivity contribution in [3.05, 3.63) is 93.3 Å². The van der Waals surface area contributed by atoms with Crippen molar-refractivity contribution in [1.29, 1.82) is 0 Å². The van der Waals surface area contributed by atoms with Crippen LogP contribution in [0, 0.1) is 17.6 Å². The molecule has 0 aliphatic carbocycles. The van der Waals surface area contributed by atoms with Crippen LogP contribution in [0.2, 0.25) is 0 Å². The Morgan fingerprint density at radius 1 is 1.03 bits per heavy atom. The van der Waals surface area contributed by atoms with Crippen molar-refractivity contribution in [2.75, 3.05) is 12.3 Å². The maximum Gasteiger partial charge on any atom is 0.323 e. The van der Waals surface area contributed by atoms with Crippen LogP contribution in [-0.2, 0) is 16.0 Å². The molecule has 0 amide bonds. The van der Waals surface area contributed by atoms with Gasteiger partial charge in [0.15, 0.2) is 5.78 Å². The van der Waals surface area contributed by atoms with Gasteiger partial charge in [-0.2, -0.15) is 0 Å². The lowest BCUT2D eigenvalue weighted by Gasteiger charge is -2.27. The average Bonchev–Trinajstić information content (AvgIpc) is 2.85. The van der Waals surface area contributed by atoms with E-state index in [-0.39, 0.29) is 28.8 Å². The number of nitrogens with one attached hydrogen (secondary N) is 1. The van der Waals surface area contributed by atoms with Gasteiger partial charge in [0.05, 0.1) is 16.8 Å². The van der Waals surface area contributed by atoms with Crippen LogP contribution < -0.4 is 16.6 Å². The lowest BCUT2D eigenvalue weighted by Crippen LogP contribution is -2.46. The number of hydrogen-bond donors (Lipinski definition) is 2. The smallest absolute Gasteiger partial charge is 0.323 e. The first kappa shape index (κ1) is 29.7. The molecule has 0 bridgehead atoms. The number of nitrogen functional groups attached to an aromatic ring is 1. The van der Waals surface area contributed by atoms with Gasteiger partial charge in [0.1, 0.15) is 29.1 Å². The SMILES string of the molecule is CCC(C)[C@H](NCCc1ccc(-n2c(N)c(C(=O)c3ccc(F)cc3F)ccc2=O)cc1)C(=O)OC(C)(C)C. The number of nitrogens with zero attached hydrogens (tertiary/aromatic N) is 1. The highest BCUT2D eigenvalue weighted by atomic mass is 19.1. The molecule has 0 fully saturated rings. The minimum atomic E-state index is -1.02. The molecule has 2 atom stereocenters. The Balaban J connectivity index is 1.76. The zero-order chi connectivity index (χ0) is 28.9. The minimum Gasteiger partial charge on any atom is -0.459 e. The summed E-state index contributed by atoms with van der Waals surface area (Å²) in [5, 5.41) is 3.31. The highest BCUT2D eigenvalue weighted by Crippen LogP contribution is 2.21. The van der Waals surface area contributed by atoms with Gasteiger partial charge in [0.2, 0.25) is 0 Å². The van der Waals surface area contributed by atoms with Gasteiger partial charge in [-0.25, -0.2) is 8.78 Å². The Hall–Kier alpha value is -3.85. The number of benzene rings is 2. The largest absolute Gasteiger partial charge is 0.459 e. The number of carbonyl (C=O) groups is 2. The molecule has 1 heterocycles. The lowest BCUT2D eigenvalue weighted by atomic mass is 9.98. The predicted octanol–water partition coefficient (Wildman–Crippen LogP) is 4.82. The van der Waals surface area contributed by atoms with E-state index in [0.29, 0.717) is 24.7 Å². The molecule has 0 saturated carbocycles. The highest BCUT2D eigenvalue weighted by molar-refractivity contribution is 6.11. The van der Waals surface area contributed by atoms with Crippen molar-refractivity contribution in [2.45, 2.75) is 59.1 Å². The number of esters is 1. The molecule has 0 aliphatic heterocycles. The maximum absolute atomic E-state index is 14.2. The van der Waals surface area contributed by atoms with Crippen molar-refractivity contribution < 1.29 is 23.1 Å². The van der Waals surface area contributed by atoms with Crippen LogP contribution >= 0.6 is 0 Å². The second kappa shape index (κ2) is 12.3. The molecular weight excluding hydrogens is 504 g/mol. The molecule has 0 saturated heterocycles. The van der Waals surface area contributed by atoms with Gasteiger partial charge in [0.25, 0.3) is 5.56 Å². The number of nitrogens with two attached hydrogens (primary N) is 1. The maximum atomic E-state index is 14.2. The Bertz CT molecular complexity index is 1390. The van der Waals surface area contributed by atoms with Crippen molar-refractivity contribution in [1.82, 2.24) is 9.88 Å². The van der Waals surface area contributed by atoms with Crippen molar-refractivity contribution >= 4 is 17.6 Å². The molecule has 0 aliphatic rings. The van der Waals surface area contributed by atoms with Gasteiger partial charge in [-0.1, -0.05) is 32.4 Å². The first-order valence-corrected chi connectivity index (χ1v) is 12.9. The summed E-state index contributed by atoms with van der Waals surface area (Å²) in [6, 6.07) is 11.6. The summed E-state index contributed by atoms with van der Waals surface area (Å²) in [5.41, 5.74) is 6.10. The van der Waals surface area contributed by atoms with Crippen molar-refractivity contribution in [3.63, 3.8) is 0 Å². The van der Waals surface area contributed by atoms with Crippen LogP contribution in [0.5, 0.6) is 0 Å². The zero-order valence-electron chi connectivity index (χ0n) is 22.9. The van der Waals surface area contributed by atoms with Crippen LogP contribution in [0.25, 0.3) is 5.69 Å². The number of ether oxygens (including phenoxy) is 1. The number of aromatic nitrogens is 1. The average molecular weight is 540 g/mol. The summed E-state index contributed by atoms with van der Waals surface area (Å²) in [4.78, 5) is 38.2. The predicted molar refractivity (Wildman–Crippen MR) is 147 cm³/mol. The van der Waals surface area contributed by atoms with Gasteiger partial charge in [-0.3, -0.25) is 19.0 Å². The second-order valence-electron chi connectivity index (χ2n) is 10.5. The zero-order valence-corrected chi connectivity index (χ0v) is 22.9. The summed E-state index contributed by atoms with van der Waals surface area (Å²) in [7, 11) is 0. The highest BCUT2D eigenvalue weighted by Gasteiger charge is 2.28. The summed E-state index contributed by atoms with van der Waals surface area (Å²) in [6.07, 6.45) is 1.43. The van der Waals surface area contributed by atoms with Crippen LogP contribution in [0.1, 0.15) is 62.5 Å². The Morgan fingerprint density at radius 2 is 1.67 bits per heavy atom. The number of carbonyl (C=O) groups excluding carboxylic acids is 2. The standard InChI is InChI=1S/C30H35F2N3O4/c1-6-18(2)26(29(38)39-30(3,4)5)34-16-15-19-7-10-21(11-8-19)35-25(36)14-13-23(28(35)33)27(37)22-12-9-20(31)17-24(22)32/h7-14,17-18,26,34H,6,15-16,33H2,1-5H3/t18?,26-/m0/s1. The fourth-order valence-corrected chi connectivity index (χ4v) is 4.13. The molecule has 0 radical (unpaired) electrons. The number of pyridine rings is 1. The van der Waals surface area contributed by atoms with Crippen molar-refractivity contribution in [3.8, 4) is 5.69 Å². The quantitative estimate of drug-likeness (QED) is 0.283. The van der Waals surface area contributed by atoms with E-state index in [2.05, 4.69) is 5.32 Å². The second-order valence-corrected chi connectivity index (χ2v) is 10.5. The number of halogens is 2. The lowest BCUT2D eigenvalue weighted by molar-refractivity contribution is -0.159. The van der Waals surface area contributed by atoms with Crippen LogP contribution in [-0.4, -0.2) is 34.5 Å². The number of hydrogen-bond acceptors (Lipinski definition) is 6. The molecule has 2 aromatic carbocycles. The molecular formula is C30H35F2N3O4. The summed E-state index contributed by atoms with van der Waals surface area (Å²) >= 11 is 0. The molecule has 39 heavy (non-hydrogen) atoms. The van der Waals surface area contributed by atoms with Crippen LogP contribution in [0.3, 0.4) is 0 Å². The van der Waals surface area contributed by atoms with Gasteiger partial charge in [0, 0.05) is 12.1 Å². The monoisotopic (exact) mass is 539 g/mol. The van der Waals surface area contributed by atoms with E-state index in [9.17, 15) is 23.2 Å². The van der Waals surface area contributed by atoms with Crippen LogP contribution in [0.4, 0.5) is 14.6 Å². The van der Waals surface area contributed by atoms with E-state index in [1.165, 1.54) is 12.1 Å². The topological polar surface area (TPSA) is 103 Å². The summed E-state index contributed by atoms with van der Waals surface area (Å²) in [6.45, 7) is 10.1. The van der Waals surface area contributed by atoms with E-state index in [4.69, 9.17) is 10.5 Å². The van der Waals surface area contributed by atoms with Crippen LogP contribution in [0.15, 0.2) is 59.4 Å². The Morgan fingerprint density at radius 3 is 2.26 bits per heavy atom. The van der Waals surface area contributed by atoms with Gasteiger partial charge < -0.3 is 15.8 Å². The van der Waals surface area contributed by atoms with E-state index in [0.717, 1.165) is 28.7 Å². The normalized spacial score (nSPS) is 13.1. The number of rotatable bonds is 10. The minimum absolute atomic E-state index is 0.0772. The molecule has 9 heteroatoms. The molecule has 3 N–H and O–H groups in total.